The van der Waals surface area contributed by atoms with Crippen LogP contribution in [0.1, 0.15) is 37.8 Å². The number of para-hydroxylation sites is 1. The van der Waals surface area contributed by atoms with Gasteiger partial charge in [0.1, 0.15) is 11.0 Å². The van der Waals surface area contributed by atoms with E-state index < -0.39 is 0 Å². The Morgan fingerprint density at radius 1 is 0.767 bits per heavy atom. The van der Waals surface area contributed by atoms with Crippen molar-refractivity contribution in [3.63, 3.8) is 0 Å². The fraction of sp³-hybridized carbons (Fsp3) is 0.231. The van der Waals surface area contributed by atoms with Crippen LogP contribution in [-0.4, -0.2) is 17.4 Å². The van der Waals surface area contributed by atoms with E-state index in [1.54, 1.807) is 0 Å². The second-order valence-electron chi connectivity index (χ2n) is 7.48. The van der Waals surface area contributed by atoms with Gasteiger partial charge in [0.05, 0.1) is 11.4 Å². The molecule has 0 aliphatic carbocycles. The van der Waals surface area contributed by atoms with Crippen molar-refractivity contribution in [1.82, 2.24) is 4.98 Å². The van der Waals surface area contributed by atoms with E-state index in [0.29, 0.717) is 0 Å². The summed E-state index contributed by atoms with van der Waals surface area (Å²) in [5, 5.41) is 0. The Balaban J connectivity index is 2.13. The quantitative estimate of drug-likeness (QED) is 0.216. The summed E-state index contributed by atoms with van der Waals surface area (Å²) in [7, 11) is 0. The second kappa shape index (κ2) is 8.54. The highest BCUT2D eigenvalue weighted by Gasteiger charge is 2.21. The van der Waals surface area contributed by atoms with Crippen LogP contribution in [0.4, 0.5) is 11.4 Å². The van der Waals surface area contributed by atoms with Crippen molar-refractivity contribution < 1.29 is 4.57 Å². The molecule has 0 fully saturated rings. The number of benzene rings is 3. The summed E-state index contributed by atoms with van der Waals surface area (Å²) < 4.78 is 2.27. The molecule has 4 heteroatoms. The summed E-state index contributed by atoms with van der Waals surface area (Å²) in [6.45, 7) is 8.38. The van der Waals surface area contributed by atoms with Crippen molar-refractivity contribution in [3.05, 3.63) is 65.7 Å². The largest absolute Gasteiger partial charge is 0.261 e. The van der Waals surface area contributed by atoms with Crippen LogP contribution in [0.15, 0.2) is 64.6 Å². The summed E-state index contributed by atoms with van der Waals surface area (Å²) in [6, 6.07) is 19.0. The van der Waals surface area contributed by atoms with Crippen LogP contribution in [0.2, 0.25) is 0 Å². The first-order valence-electron chi connectivity index (χ1n) is 10.5. The molecular formula is C26H27N4+. The second-order valence-corrected chi connectivity index (χ2v) is 7.48. The summed E-state index contributed by atoms with van der Waals surface area (Å²) in [4.78, 5) is 14.3. The van der Waals surface area contributed by atoms with Crippen molar-refractivity contribution in [2.75, 3.05) is 0 Å². The van der Waals surface area contributed by atoms with Crippen LogP contribution >= 0.6 is 0 Å². The molecule has 30 heavy (non-hydrogen) atoms. The first-order valence-corrected chi connectivity index (χ1v) is 10.5. The minimum atomic E-state index is 0.907. The van der Waals surface area contributed by atoms with Gasteiger partial charge in [0.2, 0.25) is 16.7 Å². The highest BCUT2D eigenvalue weighted by atomic mass is 15.0. The van der Waals surface area contributed by atoms with Crippen LogP contribution in [0.5, 0.6) is 0 Å². The minimum Gasteiger partial charge on any atom is -0.261 e. The molecule has 0 N–H and O–H groups in total. The summed E-state index contributed by atoms with van der Waals surface area (Å²) in [5.74, 6) is 0. The number of nitrogens with zero attached hydrogens (tertiary/aromatic N) is 4. The average molecular weight is 396 g/mol. The molecule has 0 radical (unpaired) electrons. The van der Waals surface area contributed by atoms with E-state index in [4.69, 9.17) is 4.98 Å². The lowest BCUT2D eigenvalue weighted by molar-refractivity contribution is -0.538. The molecule has 4 aromatic rings. The van der Waals surface area contributed by atoms with Gasteiger partial charge >= 0.3 is 0 Å². The summed E-state index contributed by atoms with van der Waals surface area (Å²) >= 11 is 0. The molecule has 0 amide bonds. The van der Waals surface area contributed by atoms with Gasteiger partial charge in [0, 0.05) is 36.7 Å². The zero-order chi connectivity index (χ0) is 21.1. The maximum absolute atomic E-state index is 5.00. The molecule has 0 aliphatic heterocycles. The van der Waals surface area contributed by atoms with Gasteiger partial charge in [-0.25, -0.2) is 4.98 Å². The average Bonchev–Trinajstić information content (AvgIpc) is 2.75. The Morgan fingerprint density at radius 2 is 1.27 bits per heavy atom. The molecule has 4 nitrogen and oxygen atoms in total. The number of rotatable bonds is 5. The monoisotopic (exact) mass is 395 g/mol. The van der Waals surface area contributed by atoms with Gasteiger partial charge < -0.3 is 0 Å². The molecule has 3 aromatic carbocycles. The Labute approximate surface area is 177 Å². The predicted octanol–water partition coefficient (Wildman–Crippen LogP) is 6.51. The van der Waals surface area contributed by atoms with E-state index in [1.165, 1.54) is 0 Å². The number of fused-ring (bicyclic) bond motifs is 2. The predicted molar refractivity (Wildman–Crippen MR) is 127 cm³/mol. The zero-order valence-corrected chi connectivity index (χ0v) is 18.1. The molecule has 0 aliphatic rings. The fourth-order valence-electron chi connectivity index (χ4n) is 3.65. The smallest absolute Gasteiger partial charge is 0.239 e. The Hall–Kier alpha value is -3.40. The van der Waals surface area contributed by atoms with Crippen LogP contribution in [0, 0.1) is 13.8 Å². The molecule has 1 heterocycles. The number of aliphatic imine (C=N–C) groups is 2. The normalized spacial score (nSPS) is 12.0. The van der Waals surface area contributed by atoms with Crippen LogP contribution in [0.25, 0.3) is 27.8 Å². The molecule has 0 saturated heterocycles. The summed E-state index contributed by atoms with van der Waals surface area (Å²) in [6.07, 6.45) is 5.72. The van der Waals surface area contributed by atoms with Crippen molar-refractivity contribution >= 4 is 45.9 Å². The van der Waals surface area contributed by atoms with Crippen molar-refractivity contribution in [2.45, 2.75) is 40.5 Å². The number of aryl methyl sites for hydroxylation is 2. The maximum atomic E-state index is 5.00. The lowest BCUT2D eigenvalue weighted by Crippen LogP contribution is -2.33. The van der Waals surface area contributed by atoms with E-state index in [0.717, 1.165) is 63.1 Å². The SMILES string of the molecule is CCC=Nc1cc2c(cc1C)nc1cc(C)c(N=CCC)cc1[n+]2-c1ccccc1. The van der Waals surface area contributed by atoms with Gasteiger partial charge in [-0.1, -0.05) is 32.0 Å². The third kappa shape index (κ3) is 3.73. The van der Waals surface area contributed by atoms with Gasteiger partial charge in [-0.05, 0) is 49.9 Å². The molecule has 4 rings (SSSR count). The van der Waals surface area contributed by atoms with Crippen LogP contribution in [-0.2, 0) is 0 Å². The molecule has 0 bridgehead atoms. The Kier molecular flexibility index (Phi) is 5.66. The van der Waals surface area contributed by atoms with Crippen molar-refractivity contribution in [2.24, 2.45) is 9.98 Å². The van der Waals surface area contributed by atoms with Gasteiger partial charge in [-0.15, -0.1) is 4.57 Å². The Bertz CT molecular complexity index is 1190. The van der Waals surface area contributed by atoms with Gasteiger partial charge in [0.25, 0.3) is 0 Å². The van der Waals surface area contributed by atoms with Gasteiger partial charge in [-0.2, -0.15) is 0 Å². The first kappa shape index (κ1) is 19.9. The molecule has 0 spiro atoms. The van der Waals surface area contributed by atoms with Crippen LogP contribution in [0.3, 0.4) is 0 Å². The highest BCUT2D eigenvalue weighted by molar-refractivity contribution is 5.87. The van der Waals surface area contributed by atoms with Crippen molar-refractivity contribution in [1.29, 1.82) is 0 Å². The number of aromatic nitrogens is 2. The lowest BCUT2D eigenvalue weighted by atomic mass is 10.1. The number of hydrogen-bond acceptors (Lipinski definition) is 3. The van der Waals surface area contributed by atoms with E-state index in [2.05, 4.69) is 90.8 Å². The van der Waals surface area contributed by atoms with Crippen molar-refractivity contribution in [3.8, 4) is 5.69 Å². The fourth-order valence-corrected chi connectivity index (χ4v) is 3.65. The highest BCUT2D eigenvalue weighted by Crippen LogP contribution is 2.29. The summed E-state index contributed by atoms with van der Waals surface area (Å²) in [5.41, 5.74) is 9.30. The van der Waals surface area contributed by atoms with Crippen LogP contribution < -0.4 is 4.57 Å². The molecule has 1 aromatic heterocycles. The third-order valence-electron chi connectivity index (χ3n) is 5.15. The lowest BCUT2D eigenvalue weighted by Gasteiger charge is -2.09. The van der Waals surface area contributed by atoms with E-state index in [9.17, 15) is 0 Å². The molecule has 0 unspecified atom stereocenters. The molecule has 150 valence electrons. The zero-order valence-electron chi connectivity index (χ0n) is 18.1. The number of hydrogen-bond donors (Lipinski definition) is 0. The minimum absolute atomic E-state index is 0.907. The maximum Gasteiger partial charge on any atom is 0.239 e. The van der Waals surface area contributed by atoms with E-state index >= 15 is 0 Å². The topological polar surface area (TPSA) is 41.5 Å². The standard InChI is InChI=1S/C26H27N4/c1-5-12-27-21-16-25-23(14-18(21)3)29-24-15-19(4)22(28-13-6-2)17-26(24)30(25)20-10-8-7-9-11-20/h7-17H,5-6H2,1-4H3/q+1. The Morgan fingerprint density at radius 3 is 1.73 bits per heavy atom. The van der Waals surface area contributed by atoms with Gasteiger partial charge in [-0.3, -0.25) is 9.98 Å². The molecule has 0 atom stereocenters. The van der Waals surface area contributed by atoms with E-state index in [-0.39, 0.29) is 0 Å². The molecular weight excluding hydrogens is 368 g/mol. The van der Waals surface area contributed by atoms with Gasteiger partial charge in [0.15, 0.2) is 0 Å². The molecule has 0 saturated carbocycles. The first-order chi connectivity index (χ1) is 14.6. The third-order valence-corrected chi connectivity index (χ3v) is 5.15. The van der Waals surface area contributed by atoms with E-state index in [1.807, 2.05) is 18.5 Å².